The van der Waals surface area contributed by atoms with E-state index < -0.39 is 6.09 Å². The Labute approximate surface area is 138 Å². The van der Waals surface area contributed by atoms with Gasteiger partial charge in [-0.25, -0.2) is 4.79 Å². The van der Waals surface area contributed by atoms with Gasteiger partial charge in [0.25, 0.3) is 0 Å². The average molecular weight is 320 g/mol. The number of nitrogens with zero attached hydrogens (tertiary/aromatic N) is 1. The number of benzene rings is 1. The molecular formula is C18H28N2O3. The molecule has 1 fully saturated rings. The summed E-state index contributed by atoms with van der Waals surface area (Å²) in [4.78, 5) is 13.0. The maximum absolute atomic E-state index is 10.4. The molecule has 23 heavy (non-hydrogen) atoms. The summed E-state index contributed by atoms with van der Waals surface area (Å²) < 4.78 is 5.17. The van der Waals surface area contributed by atoms with Gasteiger partial charge in [-0.3, -0.25) is 0 Å². The van der Waals surface area contributed by atoms with E-state index in [1.54, 1.807) is 7.11 Å². The van der Waals surface area contributed by atoms with Crippen LogP contribution in [-0.2, 0) is 6.42 Å². The van der Waals surface area contributed by atoms with Crippen molar-refractivity contribution in [3.05, 3.63) is 29.8 Å². The van der Waals surface area contributed by atoms with E-state index in [2.05, 4.69) is 22.3 Å². The van der Waals surface area contributed by atoms with Gasteiger partial charge in [-0.15, -0.1) is 0 Å². The highest BCUT2D eigenvalue weighted by Gasteiger charge is 2.18. The maximum Gasteiger partial charge on any atom is 0.404 e. The first-order valence-corrected chi connectivity index (χ1v) is 8.49. The van der Waals surface area contributed by atoms with E-state index in [0.717, 1.165) is 38.2 Å². The Balaban J connectivity index is 1.58. The van der Waals surface area contributed by atoms with Crippen molar-refractivity contribution in [2.24, 2.45) is 5.92 Å². The molecule has 1 heterocycles. The predicted octanol–water partition coefficient (Wildman–Crippen LogP) is 3.00. The molecule has 5 nitrogen and oxygen atoms in total. The number of carbonyl (C=O) groups is 1. The molecule has 1 aromatic rings. The SMILES string of the molecule is COc1ccc(CCCN2CCC(CCNC(=O)O)CC2)cc1. The Morgan fingerprint density at radius 1 is 1.30 bits per heavy atom. The van der Waals surface area contributed by atoms with E-state index >= 15 is 0 Å². The maximum atomic E-state index is 10.4. The number of likely N-dealkylation sites (tertiary alicyclic amines) is 1. The second-order valence-electron chi connectivity index (χ2n) is 6.26. The van der Waals surface area contributed by atoms with E-state index in [-0.39, 0.29) is 0 Å². The van der Waals surface area contributed by atoms with Crippen molar-refractivity contribution in [3.63, 3.8) is 0 Å². The molecule has 1 amide bonds. The molecule has 5 heteroatoms. The first-order chi connectivity index (χ1) is 11.2. The molecular weight excluding hydrogens is 292 g/mol. The van der Waals surface area contributed by atoms with Crippen molar-refractivity contribution in [2.45, 2.75) is 32.1 Å². The van der Waals surface area contributed by atoms with Gasteiger partial charge in [0.15, 0.2) is 0 Å². The summed E-state index contributed by atoms with van der Waals surface area (Å²) in [6.07, 6.45) is 4.70. The molecule has 2 N–H and O–H groups in total. The van der Waals surface area contributed by atoms with Gasteiger partial charge in [0.05, 0.1) is 7.11 Å². The third kappa shape index (κ3) is 6.48. The van der Waals surface area contributed by atoms with Crippen LogP contribution < -0.4 is 10.1 Å². The molecule has 1 aromatic carbocycles. The van der Waals surface area contributed by atoms with Crippen LogP contribution in [0.2, 0.25) is 0 Å². The summed E-state index contributed by atoms with van der Waals surface area (Å²) in [6.45, 7) is 4.00. The van der Waals surface area contributed by atoms with Gasteiger partial charge in [-0.2, -0.15) is 0 Å². The van der Waals surface area contributed by atoms with Crippen LogP contribution in [0.15, 0.2) is 24.3 Å². The average Bonchev–Trinajstić information content (AvgIpc) is 2.57. The van der Waals surface area contributed by atoms with Crippen LogP contribution in [0.1, 0.15) is 31.2 Å². The third-order valence-electron chi connectivity index (χ3n) is 4.63. The number of ether oxygens (including phenoxy) is 1. The van der Waals surface area contributed by atoms with Crippen molar-refractivity contribution >= 4 is 6.09 Å². The van der Waals surface area contributed by atoms with Crippen LogP contribution in [0.5, 0.6) is 5.75 Å². The molecule has 1 saturated heterocycles. The van der Waals surface area contributed by atoms with Gasteiger partial charge in [-0.1, -0.05) is 12.1 Å². The second-order valence-corrected chi connectivity index (χ2v) is 6.26. The fraction of sp³-hybridized carbons (Fsp3) is 0.611. The fourth-order valence-corrected chi connectivity index (χ4v) is 3.18. The Morgan fingerprint density at radius 3 is 2.61 bits per heavy atom. The van der Waals surface area contributed by atoms with Gasteiger partial charge in [0.2, 0.25) is 0 Å². The minimum Gasteiger partial charge on any atom is -0.497 e. The van der Waals surface area contributed by atoms with Crippen molar-refractivity contribution in [3.8, 4) is 5.75 Å². The summed E-state index contributed by atoms with van der Waals surface area (Å²) in [5.74, 6) is 1.58. The first kappa shape index (κ1) is 17.6. The summed E-state index contributed by atoms with van der Waals surface area (Å²) in [6, 6.07) is 8.32. The summed E-state index contributed by atoms with van der Waals surface area (Å²) >= 11 is 0. The van der Waals surface area contributed by atoms with E-state index in [9.17, 15) is 4.79 Å². The number of hydrogen-bond acceptors (Lipinski definition) is 3. The van der Waals surface area contributed by atoms with E-state index in [1.807, 2.05) is 12.1 Å². The molecule has 0 aromatic heterocycles. The summed E-state index contributed by atoms with van der Waals surface area (Å²) in [5.41, 5.74) is 1.36. The minimum atomic E-state index is -0.916. The molecule has 0 bridgehead atoms. The lowest BCUT2D eigenvalue weighted by atomic mass is 9.93. The van der Waals surface area contributed by atoms with Crippen LogP contribution in [0.25, 0.3) is 0 Å². The lowest BCUT2D eigenvalue weighted by Gasteiger charge is -2.32. The normalized spacial score (nSPS) is 16.2. The quantitative estimate of drug-likeness (QED) is 0.773. The predicted molar refractivity (Wildman–Crippen MR) is 91.1 cm³/mol. The van der Waals surface area contributed by atoms with Crippen molar-refractivity contribution < 1.29 is 14.6 Å². The van der Waals surface area contributed by atoms with Gasteiger partial charge in [-0.05, 0) is 75.4 Å². The largest absolute Gasteiger partial charge is 0.497 e. The van der Waals surface area contributed by atoms with Crippen LogP contribution >= 0.6 is 0 Å². The number of aryl methyl sites for hydroxylation is 1. The Bertz CT molecular complexity index is 468. The zero-order valence-corrected chi connectivity index (χ0v) is 14.0. The number of carboxylic acid groups (broad SMARTS) is 1. The van der Waals surface area contributed by atoms with E-state index in [1.165, 1.54) is 24.8 Å². The van der Waals surface area contributed by atoms with Gasteiger partial charge < -0.3 is 20.1 Å². The number of hydrogen-bond donors (Lipinski definition) is 2. The summed E-state index contributed by atoms with van der Waals surface area (Å²) in [7, 11) is 1.69. The van der Waals surface area contributed by atoms with E-state index in [4.69, 9.17) is 9.84 Å². The lowest BCUT2D eigenvalue weighted by molar-refractivity contribution is 0.173. The topological polar surface area (TPSA) is 61.8 Å². The van der Waals surface area contributed by atoms with Crippen LogP contribution in [0.4, 0.5) is 4.79 Å². The second kappa shape index (κ2) is 9.40. The molecule has 128 valence electrons. The van der Waals surface area contributed by atoms with Crippen molar-refractivity contribution in [1.29, 1.82) is 0 Å². The Hall–Kier alpha value is -1.75. The van der Waals surface area contributed by atoms with Crippen LogP contribution in [0.3, 0.4) is 0 Å². The van der Waals surface area contributed by atoms with E-state index in [0.29, 0.717) is 12.5 Å². The highest BCUT2D eigenvalue weighted by Crippen LogP contribution is 2.20. The molecule has 0 radical (unpaired) electrons. The smallest absolute Gasteiger partial charge is 0.404 e. The minimum absolute atomic E-state index is 0.581. The van der Waals surface area contributed by atoms with Gasteiger partial charge in [0.1, 0.15) is 5.75 Å². The molecule has 0 unspecified atom stereocenters. The molecule has 2 rings (SSSR count). The molecule has 0 spiro atoms. The Kier molecular flexibility index (Phi) is 7.20. The molecule has 0 saturated carbocycles. The van der Waals surface area contributed by atoms with Crippen LogP contribution in [-0.4, -0.2) is 49.4 Å². The number of piperidine rings is 1. The molecule has 0 aliphatic carbocycles. The zero-order valence-electron chi connectivity index (χ0n) is 14.0. The highest BCUT2D eigenvalue weighted by atomic mass is 16.5. The van der Waals surface area contributed by atoms with Crippen molar-refractivity contribution in [1.82, 2.24) is 10.2 Å². The molecule has 1 aliphatic rings. The fourth-order valence-electron chi connectivity index (χ4n) is 3.18. The number of methoxy groups -OCH3 is 1. The first-order valence-electron chi connectivity index (χ1n) is 8.49. The third-order valence-corrected chi connectivity index (χ3v) is 4.63. The van der Waals surface area contributed by atoms with Crippen LogP contribution in [0, 0.1) is 5.92 Å². The Morgan fingerprint density at radius 2 is 2.00 bits per heavy atom. The summed E-state index contributed by atoms with van der Waals surface area (Å²) in [5, 5.41) is 11.0. The van der Waals surface area contributed by atoms with Gasteiger partial charge in [0, 0.05) is 6.54 Å². The number of nitrogens with one attached hydrogen (secondary N) is 1. The lowest BCUT2D eigenvalue weighted by Crippen LogP contribution is -2.35. The highest BCUT2D eigenvalue weighted by molar-refractivity contribution is 5.64. The standard InChI is InChI=1S/C18H28N2O3/c1-23-17-6-4-15(5-7-17)3-2-12-20-13-9-16(10-14-20)8-11-19-18(21)22/h4-7,16,19H,2-3,8-14H2,1H3,(H,21,22). The van der Waals surface area contributed by atoms with Crippen molar-refractivity contribution in [2.75, 3.05) is 33.3 Å². The molecule has 1 aliphatic heterocycles. The number of amides is 1. The molecule has 0 atom stereocenters. The number of rotatable bonds is 8. The van der Waals surface area contributed by atoms with Gasteiger partial charge >= 0.3 is 6.09 Å². The monoisotopic (exact) mass is 320 g/mol. The zero-order chi connectivity index (χ0) is 16.5.